The number of rotatable bonds is 7. The van der Waals surface area contributed by atoms with Gasteiger partial charge in [-0.15, -0.1) is 0 Å². The summed E-state index contributed by atoms with van der Waals surface area (Å²) in [5.74, 6) is -1.15. The minimum absolute atomic E-state index is 0.145. The third-order valence-electron chi connectivity index (χ3n) is 2.67. The molecule has 1 heterocycles. The Morgan fingerprint density at radius 1 is 1.32 bits per heavy atom. The highest BCUT2D eigenvalue weighted by Gasteiger charge is 2.15. The molecule has 0 radical (unpaired) electrons. The molecule has 1 aromatic rings. The molecule has 0 saturated carbocycles. The van der Waals surface area contributed by atoms with Crippen LogP contribution in [0.1, 0.15) is 33.1 Å². The van der Waals surface area contributed by atoms with Gasteiger partial charge >= 0.3 is 11.8 Å². The van der Waals surface area contributed by atoms with E-state index in [0.29, 0.717) is 13.1 Å². The average molecular weight is 266 g/mol. The van der Waals surface area contributed by atoms with E-state index in [4.69, 9.17) is 0 Å². The summed E-state index contributed by atoms with van der Waals surface area (Å²) in [6, 6.07) is 1.67. The maximum atomic E-state index is 11.6. The number of carbonyl (C=O) groups excluding carboxylic acids is 2. The van der Waals surface area contributed by atoms with E-state index in [9.17, 15) is 9.59 Å². The van der Waals surface area contributed by atoms with Crippen LogP contribution in [-0.4, -0.2) is 34.2 Å². The lowest BCUT2D eigenvalue weighted by atomic mass is 10.2. The lowest BCUT2D eigenvalue weighted by molar-refractivity contribution is -0.139. The molecule has 2 N–H and O–H groups in total. The molecule has 0 aliphatic carbocycles. The second kappa shape index (κ2) is 8.29. The molecule has 0 spiro atoms. The highest BCUT2D eigenvalue weighted by molar-refractivity contribution is 6.35. The third-order valence-corrected chi connectivity index (χ3v) is 2.67. The van der Waals surface area contributed by atoms with Crippen molar-refractivity contribution in [1.29, 1.82) is 0 Å². The van der Waals surface area contributed by atoms with Gasteiger partial charge in [0.05, 0.1) is 6.54 Å². The number of hydrogen-bond donors (Lipinski definition) is 2. The van der Waals surface area contributed by atoms with E-state index < -0.39 is 11.8 Å². The molecule has 19 heavy (non-hydrogen) atoms. The topological polar surface area (TPSA) is 76.0 Å². The molecule has 1 rings (SSSR count). The first-order valence-electron chi connectivity index (χ1n) is 6.69. The van der Waals surface area contributed by atoms with E-state index in [2.05, 4.69) is 22.7 Å². The number of nitrogens with zero attached hydrogens (tertiary/aromatic N) is 2. The van der Waals surface area contributed by atoms with Crippen molar-refractivity contribution in [2.45, 2.75) is 45.7 Å². The number of carbonyl (C=O) groups is 2. The zero-order valence-electron chi connectivity index (χ0n) is 11.6. The van der Waals surface area contributed by atoms with Gasteiger partial charge in [0.1, 0.15) is 0 Å². The third kappa shape index (κ3) is 6.03. The van der Waals surface area contributed by atoms with Gasteiger partial charge in [-0.1, -0.05) is 19.8 Å². The van der Waals surface area contributed by atoms with Crippen molar-refractivity contribution in [2.24, 2.45) is 0 Å². The molecule has 1 aromatic heterocycles. The lowest BCUT2D eigenvalue weighted by Gasteiger charge is -2.13. The largest absolute Gasteiger partial charge is 0.348 e. The van der Waals surface area contributed by atoms with Crippen molar-refractivity contribution in [3.63, 3.8) is 0 Å². The Balaban J connectivity index is 2.23. The van der Waals surface area contributed by atoms with Crippen LogP contribution in [0.4, 0.5) is 0 Å². The summed E-state index contributed by atoms with van der Waals surface area (Å²) in [6.07, 6.45) is 6.53. The van der Waals surface area contributed by atoms with Gasteiger partial charge in [-0.2, -0.15) is 5.10 Å². The molecule has 0 aliphatic heterocycles. The zero-order valence-corrected chi connectivity index (χ0v) is 11.6. The Hall–Kier alpha value is -1.85. The number of nitrogens with one attached hydrogen (secondary N) is 2. The Morgan fingerprint density at radius 3 is 2.74 bits per heavy atom. The molecule has 0 fully saturated rings. The van der Waals surface area contributed by atoms with Gasteiger partial charge in [0.15, 0.2) is 0 Å². The molecule has 0 bridgehead atoms. The Bertz CT molecular complexity index is 389. The second-order valence-corrected chi connectivity index (χ2v) is 4.57. The summed E-state index contributed by atoms with van der Waals surface area (Å²) < 4.78 is 1.71. The van der Waals surface area contributed by atoms with E-state index in [-0.39, 0.29) is 6.04 Å². The van der Waals surface area contributed by atoms with Crippen molar-refractivity contribution in [3.05, 3.63) is 18.5 Å². The molecule has 0 saturated heterocycles. The van der Waals surface area contributed by atoms with Crippen molar-refractivity contribution < 1.29 is 9.59 Å². The molecule has 106 valence electrons. The van der Waals surface area contributed by atoms with Gasteiger partial charge in [-0.05, 0) is 19.4 Å². The quantitative estimate of drug-likeness (QED) is 0.563. The van der Waals surface area contributed by atoms with Crippen LogP contribution in [0.2, 0.25) is 0 Å². The standard InChI is InChI=1S/C13H22N4O2/c1-3-4-5-7-14-12(18)13(19)16-11(2)10-17-9-6-8-15-17/h6,8-9,11H,3-5,7,10H2,1-2H3,(H,14,18)(H,16,19)/t11-/m1/s1. The van der Waals surface area contributed by atoms with E-state index in [0.717, 1.165) is 19.3 Å². The number of unbranched alkanes of at least 4 members (excludes halogenated alkanes) is 2. The first kappa shape index (κ1) is 15.2. The monoisotopic (exact) mass is 266 g/mol. The Labute approximate surface area is 113 Å². The Kier molecular flexibility index (Phi) is 6.63. The van der Waals surface area contributed by atoms with Crippen LogP contribution in [-0.2, 0) is 16.1 Å². The average Bonchev–Trinajstić information content (AvgIpc) is 2.86. The maximum absolute atomic E-state index is 11.6. The first-order chi connectivity index (χ1) is 9.13. The minimum atomic E-state index is -0.587. The zero-order chi connectivity index (χ0) is 14.1. The fourth-order valence-electron chi connectivity index (χ4n) is 1.68. The number of amides is 2. The van der Waals surface area contributed by atoms with Crippen molar-refractivity contribution in [3.8, 4) is 0 Å². The Morgan fingerprint density at radius 2 is 2.11 bits per heavy atom. The predicted molar refractivity (Wildman–Crippen MR) is 72.4 cm³/mol. The van der Waals surface area contributed by atoms with Gasteiger partial charge in [0, 0.05) is 25.0 Å². The predicted octanol–water partition coefficient (Wildman–Crippen LogP) is 0.694. The van der Waals surface area contributed by atoms with Crippen molar-refractivity contribution >= 4 is 11.8 Å². The summed E-state index contributed by atoms with van der Waals surface area (Å²) in [7, 11) is 0. The molecule has 6 nitrogen and oxygen atoms in total. The summed E-state index contributed by atoms with van der Waals surface area (Å²) in [4.78, 5) is 23.1. The van der Waals surface area contributed by atoms with E-state index in [1.54, 1.807) is 10.9 Å². The van der Waals surface area contributed by atoms with E-state index in [1.807, 2.05) is 19.2 Å². The number of hydrogen-bond acceptors (Lipinski definition) is 3. The van der Waals surface area contributed by atoms with Gasteiger partial charge in [0.2, 0.25) is 0 Å². The normalized spacial score (nSPS) is 11.9. The smallest absolute Gasteiger partial charge is 0.309 e. The summed E-state index contributed by atoms with van der Waals surface area (Å²) >= 11 is 0. The van der Waals surface area contributed by atoms with Gasteiger partial charge in [-0.25, -0.2) is 0 Å². The second-order valence-electron chi connectivity index (χ2n) is 4.57. The molecule has 2 amide bonds. The van der Waals surface area contributed by atoms with Crippen LogP contribution >= 0.6 is 0 Å². The molecule has 6 heteroatoms. The summed E-state index contributed by atoms with van der Waals surface area (Å²) in [5.41, 5.74) is 0. The van der Waals surface area contributed by atoms with Gasteiger partial charge < -0.3 is 10.6 Å². The fourth-order valence-corrected chi connectivity index (χ4v) is 1.68. The van der Waals surface area contributed by atoms with E-state index in [1.165, 1.54) is 0 Å². The van der Waals surface area contributed by atoms with Crippen LogP contribution in [0.15, 0.2) is 18.5 Å². The molecule has 1 atom stereocenters. The lowest BCUT2D eigenvalue weighted by Crippen LogP contribution is -2.45. The van der Waals surface area contributed by atoms with Crippen LogP contribution in [0.25, 0.3) is 0 Å². The fraction of sp³-hybridized carbons (Fsp3) is 0.615. The highest BCUT2D eigenvalue weighted by Crippen LogP contribution is 1.92. The summed E-state index contributed by atoms with van der Waals surface area (Å²) in [5, 5.41) is 9.30. The van der Waals surface area contributed by atoms with Crippen molar-refractivity contribution in [2.75, 3.05) is 6.54 Å². The highest BCUT2D eigenvalue weighted by atomic mass is 16.2. The van der Waals surface area contributed by atoms with Gasteiger partial charge in [0.25, 0.3) is 0 Å². The molecule has 0 aliphatic rings. The van der Waals surface area contributed by atoms with Crippen LogP contribution < -0.4 is 10.6 Å². The molecular weight excluding hydrogens is 244 g/mol. The van der Waals surface area contributed by atoms with Crippen molar-refractivity contribution in [1.82, 2.24) is 20.4 Å². The van der Waals surface area contributed by atoms with Crippen LogP contribution in [0, 0.1) is 0 Å². The first-order valence-corrected chi connectivity index (χ1v) is 6.69. The molecule has 0 unspecified atom stereocenters. The van der Waals surface area contributed by atoms with Crippen LogP contribution in [0.5, 0.6) is 0 Å². The SMILES string of the molecule is CCCCCNC(=O)C(=O)N[C@H](C)Cn1cccn1. The molecular formula is C13H22N4O2. The molecule has 0 aromatic carbocycles. The number of aromatic nitrogens is 2. The summed E-state index contributed by atoms with van der Waals surface area (Å²) in [6.45, 7) is 5.02. The van der Waals surface area contributed by atoms with Crippen LogP contribution in [0.3, 0.4) is 0 Å². The van der Waals surface area contributed by atoms with E-state index >= 15 is 0 Å². The van der Waals surface area contributed by atoms with Gasteiger partial charge in [-0.3, -0.25) is 14.3 Å². The minimum Gasteiger partial charge on any atom is -0.348 e. The maximum Gasteiger partial charge on any atom is 0.309 e.